The van der Waals surface area contributed by atoms with Crippen LogP contribution in [0, 0.1) is 11.8 Å². The van der Waals surface area contributed by atoms with Gasteiger partial charge in [0.05, 0.1) is 54.9 Å². The van der Waals surface area contributed by atoms with E-state index >= 15 is 0 Å². The summed E-state index contributed by atoms with van der Waals surface area (Å²) in [4.78, 5) is 70.0. The fourth-order valence-electron chi connectivity index (χ4n) is 16.0. The first-order valence-electron chi connectivity index (χ1n) is 37.8. The molecule has 0 radical (unpaired) electrons. The molecular formula is C87H117K2N3O15Si2. The summed E-state index contributed by atoms with van der Waals surface area (Å²) >= 11 is 0. The Morgan fingerprint density at radius 2 is 1.08 bits per heavy atom. The van der Waals surface area contributed by atoms with Crippen LogP contribution in [-0.4, -0.2) is 143 Å². The zero-order valence-electron chi connectivity index (χ0n) is 69.5. The summed E-state index contributed by atoms with van der Waals surface area (Å²) in [5.41, 5.74) is 1.78. The second kappa shape index (κ2) is 40.5. The number of hydrogen-bond acceptors (Lipinski definition) is 16. The van der Waals surface area contributed by atoms with Crippen LogP contribution in [0.2, 0.25) is 10.1 Å². The molecule has 1 N–H and O–H groups in total. The fourth-order valence-corrected chi connectivity index (χ4v) is 25.3. The molecule has 2 unspecified atom stereocenters. The number of epoxide rings is 1. The van der Waals surface area contributed by atoms with Crippen LogP contribution in [0.15, 0.2) is 170 Å². The van der Waals surface area contributed by atoms with Gasteiger partial charge in [-0.3, -0.25) is 14.4 Å². The van der Waals surface area contributed by atoms with Crippen LogP contribution >= 0.6 is 0 Å². The van der Waals surface area contributed by atoms with E-state index in [0.29, 0.717) is 88.3 Å². The molecule has 2 aromatic heterocycles. The van der Waals surface area contributed by atoms with E-state index in [9.17, 15) is 24.3 Å². The number of aromatic nitrogens is 2. The van der Waals surface area contributed by atoms with Crippen LogP contribution in [0.3, 0.4) is 0 Å². The first-order valence-corrected chi connectivity index (χ1v) is 41.6. The van der Waals surface area contributed by atoms with Gasteiger partial charge in [-0.2, -0.15) is 0 Å². The van der Waals surface area contributed by atoms with E-state index in [2.05, 4.69) is 162 Å². The van der Waals surface area contributed by atoms with Crippen LogP contribution in [0.5, 0.6) is 0 Å². The number of likely N-dealkylation sites (N-methyl/N-ethyl adjacent to an activating group) is 1. The maximum atomic E-state index is 14.2. The van der Waals surface area contributed by atoms with E-state index in [1.807, 2.05) is 128 Å². The zero-order chi connectivity index (χ0) is 78.3. The number of ether oxygens (including phenoxy) is 5. The molecule has 6 aromatic carbocycles. The summed E-state index contributed by atoms with van der Waals surface area (Å²) in [5, 5.41) is 26.8. The molecule has 2 aliphatic rings. The molecule has 0 aliphatic carbocycles. The fraction of sp³-hybridized carbons (Fsp3) is 0.483. The normalized spacial score (nSPS) is 18.4. The Morgan fingerprint density at radius 3 is 1.50 bits per heavy atom. The van der Waals surface area contributed by atoms with Crippen molar-refractivity contribution in [2.75, 3.05) is 54.2 Å². The molecule has 0 saturated carbocycles. The number of carbonyl (C=O) groups is 5. The van der Waals surface area contributed by atoms with Crippen molar-refractivity contribution in [1.82, 2.24) is 14.0 Å². The summed E-state index contributed by atoms with van der Waals surface area (Å²) in [6, 6.07) is 57.9. The first kappa shape index (κ1) is 93.1. The van der Waals surface area contributed by atoms with Crippen molar-refractivity contribution in [2.45, 2.75) is 206 Å². The molecule has 18 nitrogen and oxygen atoms in total. The third-order valence-electron chi connectivity index (χ3n) is 20.9. The number of benzene rings is 6. The van der Waals surface area contributed by atoms with Gasteiger partial charge in [-0.25, -0.2) is 18.7 Å². The minimum Gasteiger partial charge on any atom is -1.00 e. The maximum Gasteiger partial charge on any atom is 1.00 e. The molecule has 1 saturated heterocycles. The second-order valence-corrected chi connectivity index (χ2v) is 41.5. The standard InChI is InChI=1S/C43H58N2O6Si.C43H57NO6Si.CH2O3.2K.H/c1-10-43(48)28-31(29-50-52(42(5,6)7,32-19-13-11-14-20-32)33-21-15-12-16-22-33)27-36(39(46)49-9)38-35(25-26-44(8)30-43)34-23-17-18-24-37(34)45(38)40(47)51-41(2,3)4;1-10-20-35-34-25-18-19-26-37(34)44(40(46)50-41(3,4)5)38(35)36(39(45)47-9)27-31(28-43(11-2)30-48-43)29-49-51(42(6,7)8,32-21-14-12-15-22-32)33-23-16-13-17-24-33;2-1-4-3;;;/h11-24,31,36,48H,10,25-30H2,1-9H3;12-19,21-26,31,36H,10-11,20,27-30H2,1-9H3;1,3H;;;/q;;;2*+1;-1/p-1/t2*31-,36?,43+;;;;/m11..../s1. The van der Waals surface area contributed by atoms with Crippen molar-refractivity contribution in [3.8, 4) is 0 Å². The van der Waals surface area contributed by atoms with Gasteiger partial charge in [0.1, 0.15) is 11.2 Å². The number of β-amino-alcohol motifs (C(OH)–C–C–N with tert-alkyl or cyclic N) is 1. The number of methoxy groups -OCH3 is 2. The monoisotopic (exact) mass is 1580 g/mol. The number of nitrogens with zero attached hydrogens (tertiary/aromatic N) is 3. The van der Waals surface area contributed by atoms with Crippen molar-refractivity contribution in [3.05, 3.63) is 192 Å². The summed E-state index contributed by atoms with van der Waals surface area (Å²) < 4.78 is 47.5. The summed E-state index contributed by atoms with van der Waals surface area (Å²) in [6.07, 6.45) is 4.34. The average molecular weight is 1580 g/mol. The third-order valence-corrected chi connectivity index (χ3v) is 30.9. The number of aryl methyl sites for hydroxylation is 1. The van der Waals surface area contributed by atoms with E-state index in [1.165, 1.54) is 24.6 Å². The molecule has 4 heterocycles. The number of carbonyl (C=O) groups excluding carboxylic acids is 5. The number of hydrogen-bond donors (Lipinski definition) is 1. The van der Waals surface area contributed by atoms with Gasteiger partial charge < -0.3 is 54.1 Å². The Bertz CT molecular complexity index is 4170. The number of para-hydroxylation sites is 2. The van der Waals surface area contributed by atoms with Crippen LogP contribution in [0.4, 0.5) is 9.59 Å². The number of fused-ring (bicyclic) bond motifs is 4. The summed E-state index contributed by atoms with van der Waals surface area (Å²) in [5.74, 6) is -2.73. The quantitative estimate of drug-likeness (QED) is 0.0128. The van der Waals surface area contributed by atoms with Gasteiger partial charge in [-0.1, -0.05) is 226 Å². The first-order chi connectivity index (χ1) is 50.6. The van der Waals surface area contributed by atoms with Crippen molar-refractivity contribution in [1.29, 1.82) is 0 Å². The van der Waals surface area contributed by atoms with Gasteiger partial charge in [-0.15, -0.1) is 0 Å². The van der Waals surface area contributed by atoms with Crippen LogP contribution in [-0.2, 0) is 64.6 Å². The molecule has 0 bridgehead atoms. The molecule has 10 rings (SSSR count). The average Bonchev–Trinajstić information content (AvgIpc) is 1.63. The van der Waals surface area contributed by atoms with Gasteiger partial charge in [-0.05, 0) is 166 Å². The number of aliphatic hydroxyl groups is 1. The third kappa shape index (κ3) is 22.6. The maximum absolute atomic E-state index is 14.2. The topological polar surface area (TPSA) is 219 Å². The van der Waals surface area contributed by atoms with Crippen molar-refractivity contribution in [2.24, 2.45) is 11.8 Å². The van der Waals surface area contributed by atoms with Crippen molar-refractivity contribution < 1.29 is 176 Å². The minimum absolute atomic E-state index is 0. The summed E-state index contributed by atoms with van der Waals surface area (Å²) in [6.45, 7) is 33.3. The molecule has 109 heavy (non-hydrogen) atoms. The predicted octanol–water partition coefficient (Wildman–Crippen LogP) is 8.62. The number of rotatable bonds is 22. The van der Waals surface area contributed by atoms with Crippen LogP contribution < -0.4 is 129 Å². The Kier molecular flexibility index (Phi) is 34.6. The summed E-state index contributed by atoms with van der Waals surface area (Å²) in [7, 11) is -0.992. The van der Waals surface area contributed by atoms with Gasteiger partial charge in [0.2, 0.25) is 0 Å². The van der Waals surface area contributed by atoms with Crippen LogP contribution in [0.25, 0.3) is 21.8 Å². The van der Waals surface area contributed by atoms with Crippen molar-refractivity contribution >= 4 is 89.8 Å². The Morgan fingerprint density at radius 1 is 0.642 bits per heavy atom. The Labute approximate surface area is 735 Å². The van der Waals surface area contributed by atoms with Crippen LogP contribution in [0.1, 0.15) is 185 Å². The zero-order valence-corrected chi connectivity index (χ0v) is 76.7. The van der Waals surface area contributed by atoms with E-state index in [0.717, 1.165) is 57.1 Å². The molecule has 1 fully saturated rings. The molecular weight excluding hydrogens is 1460 g/mol. The van der Waals surface area contributed by atoms with E-state index in [4.69, 9.17) is 42.6 Å². The van der Waals surface area contributed by atoms with E-state index < -0.39 is 63.4 Å². The molecule has 22 heteroatoms. The molecule has 2 aliphatic heterocycles. The molecule has 580 valence electrons. The molecule has 0 amide bonds. The smallest absolute Gasteiger partial charge is 1.00 e. The molecule has 6 atom stereocenters. The number of esters is 2. The van der Waals surface area contributed by atoms with Crippen molar-refractivity contribution in [3.63, 3.8) is 0 Å². The van der Waals surface area contributed by atoms with E-state index in [1.54, 1.807) is 9.13 Å². The van der Waals surface area contributed by atoms with Gasteiger partial charge in [0.15, 0.2) is 0 Å². The minimum atomic E-state index is -2.96. The van der Waals surface area contributed by atoms with Gasteiger partial charge >= 0.3 is 127 Å². The second-order valence-electron chi connectivity index (χ2n) is 32.9. The predicted molar refractivity (Wildman–Crippen MR) is 427 cm³/mol. The SMILES string of the molecule is CCCc1c(C(C[C@@H](CO[Si](c2ccccc2)(c2ccccc2)C(C)(C)C)C[C@@]2(CC)CO2)C(=O)OC)n(C(=O)OC(C)(C)C)c2ccccc12.CC[C@]1(O)C[C@H](CO[Si](c2ccccc2)(c2ccccc2)C(C)(C)C)CC(C(=O)OC)c2c(c3ccccc3n2C(=O)OC(C)(C)C)CCN(C)C1.O=CO[O-].[H-].[K+].[K+]. The van der Waals surface area contributed by atoms with Gasteiger partial charge in [0.25, 0.3) is 23.1 Å². The Balaban J connectivity index is 0.000000366. The van der Waals surface area contributed by atoms with Gasteiger partial charge in [0, 0.05) is 48.5 Å². The molecule has 0 spiro atoms. The van der Waals surface area contributed by atoms with E-state index in [-0.39, 0.29) is 144 Å². The largest absolute Gasteiger partial charge is 1.00 e. The molecule has 8 aromatic rings. The Hall–Kier alpha value is -4.78.